The number of carbonyl (C=O) groups is 2. The van der Waals surface area contributed by atoms with Crippen LogP contribution < -0.4 is 0 Å². The summed E-state index contributed by atoms with van der Waals surface area (Å²) in [6.07, 6.45) is 4.80. The van der Waals surface area contributed by atoms with Crippen molar-refractivity contribution in [1.29, 1.82) is 0 Å². The second-order valence-electron chi connectivity index (χ2n) is 7.89. The second kappa shape index (κ2) is 7.06. The quantitative estimate of drug-likeness (QED) is 0.846. The highest BCUT2D eigenvalue weighted by Crippen LogP contribution is 2.23. The van der Waals surface area contributed by atoms with E-state index in [2.05, 4.69) is 10.2 Å². The summed E-state index contributed by atoms with van der Waals surface area (Å²) in [7, 11) is 0. The monoisotopic (exact) mass is 348 g/mol. The molecule has 3 rings (SSSR count). The predicted octanol–water partition coefficient (Wildman–Crippen LogP) is 2.72. The summed E-state index contributed by atoms with van der Waals surface area (Å²) in [5.74, 6) is 0.0186. The third-order valence-electron chi connectivity index (χ3n) is 4.68. The van der Waals surface area contributed by atoms with Crippen molar-refractivity contribution in [3.05, 3.63) is 17.0 Å². The standard InChI is InChI=1S/C18H28N4O3/c1-18(2,3)25-17(24)22-11-8-13-14(12-22)19-20-15(13)16(23)21-9-6-4-5-7-10-21/h4-12H2,1-3H3,(H,19,20). The molecule has 3 heterocycles. The molecule has 1 fully saturated rings. The molecule has 0 aromatic carbocycles. The van der Waals surface area contributed by atoms with Gasteiger partial charge in [-0.1, -0.05) is 12.8 Å². The Morgan fingerprint density at radius 2 is 1.72 bits per heavy atom. The van der Waals surface area contributed by atoms with E-state index in [9.17, 15) is 9.59 Å². The predicted molar refractivity (Wildman–Crippen MR) is 93.3 cm³/mol. The first-order valence-electron chi connectivity index (χ1n) is 9.18. The number of rotatable bonds is 1. The van der Waals surface area contributed by atoms with Gasteiger partial charge < -0.3 is 14.5 Å². The molecule has 138 valence electrons. The van der Waals surface area contributed by atoms with Gasteiger partial charge in [-0.3, -0.25) is 9.89 Å². The Bertz CT molecular complexity index is 639. The third kappa shape index (κ3) is 4.14. The second-order valence-corrected chi connectivity index (χ2v) is 7.89. The van der Waals surface area contributed by atoms with Crippen molar-refractivity contribution in [2.75, 3.05) is 19.6 Å². The van der Waals surface area contributed by atoms with Gasteiger partial charge in [-0.05, 0) is 40.0 Å². The number of fused-ring (bicyclic) bond motifs is 1. The number of nitrogens with one attached hydrogen (secondary N) is 1. The van der Waals surface area contributed by atoms with Crippen molar-refractivity contribution in [2.24, 2.45) is 0 Å². The van der Waals surface area contributed by atoms with Crippen molar-refractivity contribution in [1.82, 2.24) is 20.0 Å². The summed E-state index contributed by atoms with van der Waals surface area (Å²) < 4.78 is 5.43. The summed E-state index contributed by atoms with van der Waals surface area (Å²) in [4.78, 5) is 28.6. The van der Waals surface area contributed by atoms with Crippen LogP contribution in [0, 0.1) is 0 Å². The Morgan fingerprint density at radius 3 is 2.36 bits per heavy atom. The molecule has 7 heteroatoms. The fourth-order valence-electron chi connectivity index (χ4n) is 3.40. The van der Waals surface area contributed by atoms with E-state index in [4.69, 9.17) is 4.74 Å². The van der Waals surface area contributed by atoms with Gasteiger partial charge in [-0.25, -0.2) is 4.79 Å². The molecule has 0 aliphatic carbocycles. The lowest BCUT2D eigenvalue weighted by molar-refractivity contribution is 0.0221. The molecule has 2 amide bonds. The molecule has 1 N–H and O–H groups in total. The number of hydrogen-bond donors (Lipinski definition) is 1. The van der Waals surface area contributed by atoms with Crippen LogP contribution in [0.4, 0.5) is 4.79 Å². The summed E-state index contributed by atoms with van der Waals surface area (Å²) >= 11 is 0. The number of aromatic amines is 1. The van der Waals surface area contributed by atoms with Crippen molar-refractivity contribution in [3.8, 4) is 0 Å². The van der Waals surface area contributed by atoms with Crippen LogP contribution >= 0.6 is 0 Å². The van der Waals surface area contributed by atoms with Crippen molar-refractivity contribution >= 4 is 12.0 Å². The molecule has 2 aliphatic heterocycles. The van der Waals surface area contributed by atoms with Gasteiger partial charge in [-0.2, -0.15) is 5.10 Å². The smallest absolute Gasteiger partial charge is 0.410 e. The molecule has 25 heavy (non-hydrogen) atoms. The van der Waals surface area contributed by atoms with Crippen LogP contribution in [0.3, 0.4) is 0 Å². The number of carbonyl (C=O) groups excluding carboxylic acids is 2. The van der Waals surface area contributed by atoms with Gasteiger partial charge >= 0.3 is 6.09 Å². The molecular weight excluding hydrogens is 320 g/mol. The third-order valence-corrected chi connectivity index (χ3v) is 4.68. The largest absolute Gasteiger partial charge is 0.444 e. The molecule has 1 aromatic rings. The lowest BCUT2D eigenvalue weighted by atomic mass is 10.0. The Hall–Kier alpha value is -2.05. The molecule has 0 spiro atoms. The molecule has 0 unspecified atom stereocenters. The van der Waals surface area contributed by atoms with E-state index in [0.29, 0.717) is 25.2 Å². The van der Waals surface area contributed by atoms with E-state index in [0.717, 1.165) is 37.2 Å². The minimum Gasteiger partial charge on any atom is -0.444 e. The zero-order chi connectivity index (χ0) is 18.0. The van der Waals surface area contributed by atoms with E-state index in [1.807, 2.05) is 25.7 Å². The number of aromatic nitrogens is 2. The molecule has 7 nitrogen and oxygen atoms in total. The van der Waals surface area contributed by atoms with Gasteiger partial charge in [0.2, 0.25) is 0 Å². The van der Waals surface area contributed by atoms with Crippen LogP contribution in [0.25, 0.3) is 0 Å². The molecule has 0 radical (unpaired) electrons. The van der Waals surface area contributed by atoms with E-state index in [-0.39, 0.29) is 12.0 Å². The SMILES string of the molecule is CC(C)(C)OC(=O)N1CCc2c(C(=O)N3CCCCCC3)n[nH]c2C1. The van der Waals surface area contributed by atoms with Gasteiger partial charge in [0.15, 0.2) is 5.69 Å². The Morgan fingerprint density at radius 1 is 1.04 bits per heavy atom. The Kier molecular flexibility index (Phi) is 5.01. The van der Waals surface area contributed by atoms with E-state index in [1.54, 1.807) is 4.90 Å². The van der Waals surface area contributed by atoms with Gasteiger partial charge in [0, 0.05) is 25.2 Å². The average Bonchev–Trinajstić information content (AvgIpc) is 2.77. The van der Waals surface area contributed by atoms with Crippen LogP contribution in [-0.4, -0.2) is 57.2 Å². The first-order valence-corrected chi connectivity index (χ1v) is 9.18. The van der Waals surface area contributed by atoms with Gasteiger partial charge in [0.25, 0.3) is 5.91 Å². The average molecular weight is 348 g/mol. The number of amides is 2. The topological polar surface area (TPSA) is 78.5 Å². The molecule has 2 aliphatic rings. The Balaban J connectivity index is 1.70. The normalized spacial score (nSPS) is 18.5. The van der Waals surface area contributed by atoms with Crippen molar-refractivity contribution in [2.45, 2.75) is 65.0 Å². The van der Waals surface area contributed by atoms with Crippen LogP contribution in [0.2, 0.25) is 0 Å². The maximum Gasteiger partial charge on any atom is 0.410 e. The van der Waals surface area contributed by atoms with Crippen molar-refractivity contribution in [3.63, 3.8) is 0 Å². The van der Waals surface area contributed by atoms with E-state index in [1.165, 1.54) is 12.8 Å². The number of likely N-dealkylation sites (tertiary alicyclic amines) is 1. The Labute approximate surface area is 148 Å². The fourth-order valence-corrected chi connectivity index (χ4v) is 3.40. The molecule has 0 bridgehead atoms. The fraction of sp³-hybridized carbons (Fsp3) is 0.722. The van der Waals surface area contributed by atoms with Crippen LogP contribution in [0.1, 0.15) is 68.2 Å². The van der Waals surface area contributed by atoms with Crippen molar-refractivity contribution < 1.29 is 14.3 Å². The summed E-state index contributed by atoms with van der Waals surface area (Å²) in [6.45, 7) is 8.14. The van der Waals surface area contributed by atoms with Crippen LogP contribution in [0.15, 0.2) is 0 Å². The zero-order valence-corrected chi connectivity index (χ0v) is 15.4. The number of nitrogens with zero attached hydrogens (tertiary/aromatic N) is 3. The highest BCUT2D eigenvalue weighted by Gasteiger charge is 2.31. The maximum absolute atomic E-state index is 12.8. The minimum absolute atomic E-state index is 0.0186. The molecule has 0 atom stereocenters. The number of H-pyrrole nitrogens is 1. The highest BCUT2D eigenvalue weighted by molar-refractivity contribution is 5.94. The van der Waals surface area contributed by atoms with Gasteiger partial charge in [0.1, 0.15) is 5.60 Å². The zero-order valence-electron chi connectivity index (χ0n) is 15.4. The maximum atomic E-state index is 12.8. The van der Waals surface area contributed by atoms with E-state index < -0.39 is 5.60 Å². The van der Waals surface area contributed by atoms with Crippen LogP contribution in [0.5, 0.6) is 0 Å². The molecule has 1 aromatic heterocycles. The lowest BCUT2D eigenvalue weighted by Gasteiger charge is -2.30. The minimum atomic E-state index is -0.515. The number of hydrogen-bond acceptors (Lipinski definition) is 4. The van der Waals surface area contributed by atoms with Gasteiger partial charge in [0.05, 0.1) is 12.2 Å². The lowest BCUT2D eigenvalue weighted by Crippen LogP contribution is -2.40. The summed E-state index contributed by atoms with van der Waals surface area (Å²) in [6, 6.07) is 0. The summed E-state index contributed by atoms with van der Waals surface area (Å²) in [5.41, 5.74) is 1.81. The number of ether oxygens (including phenoxy) is 1. The van der Waals surface area contributed by atoms with Gasteiger partial charge in [-0.15, -0.1) is 0 Å². The summed E-state index contributed by atoms with van der Waals surface area (Å²) in [5, 5.41) is 7.24. The first-order chi connectivity index (χ1) is 11.8. The highest BCUT2D eigenvalue weighted by atomic mass is 16.6. The van der Waals surface area contributed by atoms with E-state index >= 15 is 0 Å². The molecule has 1 saturated heterocycles. The molecular formula is C18H28N4O3. The molecule has 0 saturated carbocycles. The van der Waals surface area contributed by atoms with Crippen LogP contribution in [-0.2, 0) is 17.7 Å². The first kappa shape index (κ1) is 17.8.